The molecule has 8 aromatic carbocycles. The Bertz CT molecular complexity index is 2570. The van der Waals surface area contributed by atoms with Crippen molar-refractivity contribution in [1.82, 2.24) is 4.57 Å². The predicted octanol–water partition coefficient (Wildman–Crippen LogP) is 13.2. The fraction of sp³-hybridized carbons (Fsp3) is 0. The van der Waals surface area contributed by atoms with Gasteiger partial charge in [-0.2, -0.15) is 0 Å². The van der Waals surface area contributed by atoms with Gasteiger partial charge in [0.2, 0.25) is 0 Å². The van der Waals surface area contributed by atoms with Crippen molar-refractivity contribution in [2.75, 3.05) is 5.32 Å². The van der Waals surface area contributed by atoms with E-state index in [1.807, 2.05) is 0 Å². The number of hydrogen-bond acceptors (Lipinski definition) is 1. The van der Waals surface area contributed by atoms with Gasteiger partial charge in [-0.1, -0.05) is 146 Å². The van der Waals surface area contributed by atoms with E-state index >= 15 is 0 Å². The fourth-order valence-electron chi connectivity index (χ4n) is 7.09. The molecule has 0 radical (unpaired) electrons. The Hall–Kier alpha value is -6.64. The van der Waals surface area contributed by atoms with Gasteiger partial charge in [0.05, 0.1) is 11.0 Å². The SMILES string of the molecule is c1ccc(-c2ccc(Nc3ccc(-c4ccc5c(c4)c4ccccc4n5-c4ccc(-c5ccccc5)cc4)cc3-c3ccccc3)cc2)cc1. The van der Waals surface area contributed by atoms with Crippen LogP contribution in [-0.2, 0) is 0 Å². The molecular weight excluding hydrogens is 605 g/mol. The van der Waals surface area contributed by atoms with Crippen LogP contribution in [0.5, 0.6) is 0 Å². The minimum atomic E-state index is 1.06. The molecule has 9 rings (SSSR count). The molecule has 0 aliphatic carbocycles. The molecule has 0 aliphatic heterocycles. The number of rotatable bonds is 7. The molecule has 0 atom stereocenters. The standard InChI is InChI=1S/C48H34N2/c1-4-12-34(13-5-1)36-20-26-41(27-21-36)49-46-30-24-39(32-44(46)38-16-8-3-9-17-38)40-25-31-48-45(33-40)43-18-10-11-19-47(43)50(48)42-28-22-37(23-29-42)35-14-6-2-7-15-35/h1-33,49H. The lowest BCUT2D eigenvalue weighted by Crippen LogP contribution is -1.95. The molecule has 0 aliphatic rings. The van der Waals surface area contributed by atoms with E-state index in [2.05, 4.69) is 210 Å². The van der Waals surface area contributed by atoms with Gasteiger partial charge in [0, 0.05) is 33.4 Å². The Labute approximate surface area is 292 Å². The molecule has 9 aromatic rings. The van der Waals surface area contributed by atoms with Crippen molar-refractivity contribution in [2.24, 2.45) is 0 Å². The number of benzene rings is 8. The van der Waals surface area contributed by atoms with E-state index < -0.39 is 0 Å². The summed E-state index contributed by atoms with van der Waals surface area (Å²) in [6.45, 7) is 0. The summed E-state index contributed by atoms with van der Waals surface area (Å²) in [4.78, 5) is 0. The van der Waals surface area contributed by atoms with Crippen molar-refractivity contribution in [3.05, 3.63) is 200 Å². The maximum absolute atomic E-state index is 3.71. The van der Waals surface area contributed by atoms with Gasteiger partial charge < -0.3 is 9.88 Å². The molecule has 0 bridgehead atoms. The van der Waals surface area contributed by atoms with Crippen LogP contribution >= 0.6 is 0 Å². The van der Waals surface area contributed by atoms with Gasteiger partial charge in [-0.15, -0.1) is 0 Å². The number of fused-ring (bicyclic) bond motifs is 3. The number of anilines is 2. The monoisotopic (exact) mass is 638 g/mol. The van der Waals surface area contributed by atoms with Crippen molar-refractivity contribution in [3.8, 4) is 50.2 Å². The molecule has 0 spiro atoms. The molecule has 0 fully saturated rings. The van der Waals surface area contributed by atoms with Gasteiger partial charge in [-0.05, 0) is 93.5 Å². The highest BCUT2D eigenvalue weighted by Gasteiger charge is 2.15. The summed E-state index contributed by atoms with van der Waals surface area (Å²) in [5.74, 6) is 0. The molecule has 0 unspecified atom stereocenters. The molecular formula is C48H34N2. The summed E-state index contributed by atoms with van der Waals surface area (Å²) in [5, 5.41) is 6.20. The van der Waals surface area contributed by atoms with Crippen molar-refractivity contribution in [1.29, 1.82) is 0 Å². The van der Waals surface area contributed by atoms with Gasteiger partial charge in [0.25, 0.3) is 0 Å². The van der Waals surface area contributed by atoms with Crippen LogP contribution in [0, 0.1) is 0 Å². The first-order valence-electron chi connectivity index (χ1n) is 17.1. The maximum Gasteiger partial charge on any atom is 0.0541 e. The first-order chi connectivity index (χ1) is 24.8. The molecule has 2 nitrogen and oxygen atoms in total. The van der Waals surface area contributed by atoms with Crippen LogP contribution < -0.4 is 5.32 Å². The largest absolute Gasteiger partial charge is 0.355 e. The Morgan fingerprint density at radius 2 is 0.800 bits per heavy atom. The van der Waals surface area contributed by atoms with Crippen LogP contribution in [-0.4, -0.2) is 4.57 Å². The number of nitrogens with zero attached hydrogens (tertiary/aromatic N) is 1. The molecule has 50 heavy (non-hydrogen) atoms. The molecule has 236 valence electrons. The van der Waals surface area contributed by atoms with E-state index in [-0.39, 0.29) is 0 Å². The Balaban J connectivity index is 1.10. The number of hydrogen-bond donors (Lipinski definition) is 1. The highest BCUT2D eigenvalue weighted by Crippen LogP contribution is 2.38. The first-order valence-corrected chi connectivity index (χ1v) is 17.1. The van der Waals surface area contributed by atoms with Gasteiger partial charge >= 0.3 is 0 Å². The third kappa shape index (κ3) is 5.53. The summed E-state index contributed by atoms with van der Waals surface area (Å²) in [7, 11) is 0. The zero-order valence-corrected chi connectivity index (χ0v) is 27.5. The van der Waals surface area contributed by atoms with Crippen LogP contribution in [0.2, 0.25) is 0 Å². The van der Waals surface area contributed by atoms with Gasteiger partial charge in [-0.3, -0.25) is 0 Å². The van der Waals surface area contributed by atoms with Gasteiger partial charge in [-0.25, -0.2) is 0 Å². The molecule has 1 aromatic heterocycles. The lowest BCUT2D eigenvalue weighted by atomic mass is 9.96. The third-order valence-electron chi connectivity index (χ3n) is 9.61. The Morgan fingerprint density at radius 3 is 1.46 bits per heavy atom. The summed E-state index contributed by atoms with van der Waals surface area (Å²) < 4.78 is 2.38. The molecule has 0 saturated heterocycles. The summed E-state index contributed by atoms with van der Waals surface area (Å²) in [6, 6.07) is 71.7. The van der Waals surface area contributed by atoms with Crippen LogP contribution in [0.1, 0.15) is 0 Å². The summed E-state index contributed by atoms with van der Waals surface area (Å²) in [6.07, 6.45) is 0. The first kappa shape index (κ1) is 29.5. The number of para-hydroxylation sites is 1. The van der Waals surface area contributed by atoms with Crippen LogP contribution in [0.25, 0.3) is 72.0 Å². The van der Waals surface area contributed by atoms with E-state index in [9.17, 15) is 0 Å². The molecule has 0 amide bonds. The summed E-state index contributed by atoms with van der Waals surface area (Å²) in [5.41, 5.74) is 15.3. The van der Waals surface area contributed by atoms with Crippen molar-refractivity contribution in [2.45, 2.75) is 0 Å². The average molecular weight is 639 g/mol. The quantitative estimate of drug-likeness (QED) is 0.184. The second-order valence-corrected chi connectivity index (χ2v) is 12.7. The van der Waals surface area contributed by atoms with Crippen molar-refractivity contribution >= 4 is 33.2 Å². The van der Waals surface area contributed by atoms with E-state index in [0.29, 0.717) is 0 Å². The van der Waals surface area contributed by atoms with Gasteiger partial charge in [0.15, 0.2) is 0 Å². The van der Waals surface area contributed by atoms with E-state index in [0.717, 1.165) is 22.6 Å². The average Bonchev–Trinajstić information content (AvgIpc) is 3.53. The molecule has 1 heterocycles. The van der Waals surface area contributed by atoms with Crippen molar-refractivity contribution < 1.29 is 0 Å². The lowest BCUT2D eigenvalue weighted by Gasteiger charge is -2.15. The molecule has 2 heteroatoms. The highest BCUT2D eigenvalue weighted by atomic mass is 15.0. The second kappa shape index (κ2) is 12.8. The molecule has 1 N–H and O–H groups in total. The van der Waals surface area contributed by atoms with Crippen LogP contribution in [0.15, 0.2) is 200 Å². The van der Waals surface area contributed by atoms with E-state index in [4.69, 9.17) is 0 Å². The van der Waals surface area contributed by atoms with Gasteiger partial charge in [0.1, 0.15) is 0 Å². The second-order valence-electron chi connectivity index (χ2n) is 12.7. The smallest absolute Gasteiger partial charge is 0.0541 e. The minimum absolute atomic E-state index is 1.06. The zero-order valence-electron chi connectivity index (χ0n) is 27.5. The minimum Gasteiger partial charge on any atom is -0.355 e. The highest BCUT2D eigenvalue weighted by molar-refractivity contribution is 6.10. The number of nitrogens with one attached hydrogen (secondary N) is 1. The fourth-order valence-corrected chi connectivity index (χ4v) is 7.09. The summed E-state index contributed by atoms with van der Waals surface area (Å²) >= 11 is 0. The lowest BCUT2D eigenvalue weighted by molar-refractivity contribution is 1.18. The Morgan fingerprint density at radius 1 is 0.320 bits per heavy atom. The van der Waals surface area contributed by atoms with E-state index in [1.54, 1.807) is 0 Å². The normalized spacial score (nSPS) is 11.2. The topological polar surface area (TPSA) is 17.0 Å². The Kier molecular flexibility index (Phi) is 7.53. The third-order valence-corrected chi connectivity index (χ3v) is 9.61. The maximum atomic E-state index is 3.71. The zero-order chi connectivity index (χ0) is 33.3. The van der Waals surface area contributed by atoms with Crippen LogP contribution in [0.4, 0.5) is 11.4 Å². The predicted molar refractivity (Wildman–Crippen MR) is 212 cm³/mol. The number of aromatic nitrogens is 1. The van der Waals surface area contributed by atoms with E-state index in [1.165, 1.54) is 60.8 Å². The van der Waals surface area contributed by atoms with Crippen molar-refractivity contribution in [3.63, 3.8) is 0 Å². The molecule has 0 saturated carbocycles. The van der Waals surface area contributed by atoms with Crippen LogP contribution in [0.3, 0.4) is 0 Å².